The fourth-order valence-corrected chi connectivity index (χ4v) is 1.04. The molecule has 1 aromatic rings. The Balaban J connectivity index is 2.80. The number of aromatic nitrogens is 1. The molecule has 0 saturated carbocycles. The molecular formula is C7H7Cl2NO. The van der Waals surface area contributed by atoms with Crippen LogP contribution in [0.25, 0.3) is 0 Å². The molecule has 0 atom stereocenters. The molecule has 0 unspecified atom stereocenters. The molecule has 0 spiro atoms. The maximum atomic E-state index is 10.9. The van der Waals surface area contributed by atoms with Gasteiger partial charge in [0.05, 0.1) is 0 Å². The third kappa shape index (κ3) is 1.98. The summed E-state index contributed by atoms with van der Waals surface area (Å²) in [5, 5.41) is 0. The van der Waals surface area contributed by atoms with Gasteiger partial charge in [-0.05, 0) is 11.6 Å². The molecule has 11 heavy (non-hydrogen) atoms. The largest absolute Gasteiger partial charge is 0.293 e. The van der Waals surface area contributed by atoms with Crippen LogP contribution >= 0.6 is 23.2 Å². The maximum absolute atomic E-state index is 10.9. The number of hydrogen-bond acceptors (Lipinski definition) is 1. The summed E-state index contributed by atoms with van der Waals surface area (Å²) in [6, 6.07) is 1.79. The van der Waals surface area contributed by atoms with Crippen LogP contribution < -0.4 is 0 Å². The van der Waals surface area contributed by atoms with E-state index in [9.17, 15) is 4.79 Å². The maximum Gasteiger partial charge on any atom is 0.245 e. The predicted molar refractivity (Wildman–Crippen MR) is 45.3 cm³/mol. The Bertz CT molecular complexity index is 257. The van der Waals surface area contributed by atoms with Crippen molar-refractivity contribution in [1.82, 2.24) is 4.57 Å². The first-order valence-corrected chi connectivity index (χ1v) is 4.17. The van der Waals surface area contributed by atoms with E-state index in [-0.39, 0.29) is 11.8 Å². The third-order valence-electron chi connectivity index (χ3n) is 1.31. The van der Waals surface area contributed by atoms with Gasteiger partial charge in [-0.1, -0.05) is 0 Å². The van der Waals surface area contributed by atoms with Crippen molar-refractivity contribution in [2.24, 2.45) is 0 Å². The fraction of sp³-hybridized carbons (Fsp3) is 0.286. The van der Waals surface area contributed by atoms with Gasteiger partial charge in [-0.15, -0.1) is 23.2 Å². The average molecular weight is 192 g/mol. The number of alkyl halides is 2. The normalized spacial score (nSPS) is 10.0. The first kappa shape index (κ1) is 8.62. The zero-order chi connectivity index (χ0) is 8.27. The number of carbonyl (C=O) groups is 1. The predicted octanol–water partition coefficient (Wildman–Crippen LogP) is 2.11. The summed E-state index contributed by atoms with van der Waals surface area (Å²) in [6.45, 7) is 0. The van der Waals surface area contributed by atoms with Gasteiger partial charge in [-0.2, -0.15) is 0 Å². The van der Waals surface area contributed by atoms with E-state index < -0.39 is 0 Å². The van der Waals surface area contributed by atoms with Gasteiger partial charge in [-0.3, -0.25) is 9.36 Å². The number of rotatable bonds is 2. The first-order valence-electron chi connectivity index (χ1n) is 3.10. The van der Waals surface area contributed by atoms with Gasteiger partial charge in [-0.25, -0.2) is 0 Å². The molecule has 0 aliphatic carbocycles. The topological polar surface area (TPSA) is 22.0 Å². The Morgan fingerprint density at radius 3 is 2.73 bits per heavy atom. The molecule has 2 nitrogen and oxygen atoms in total. The van der Waals surface area contributed by atoms with Gasteiger partial charge in [0.25, 0.3) is 0 Å². The van der Waals surface area contributed by atoms with E-state index in [2.05, 4.69) is 0 Å². The van der Waals surface area contributed by atoms with Crippen LogP contribution in [-0.2, 0) is 5.88 Å². The van der Waals surface area contributed by atoms with Crippen molar-refractivity contribution in [2.45, 2.75) is 5.88 Å². The average Bonchev–Trinajstić information content (AvgIpc) is 2.50. The van der Waals surface area contributed by atoms with E-state index in [0.29, 0.717) is 5.88 Å². The van der Waals surface area contributed by atoms with E-state index >= 15 is 0 Å². The molecule has 0 bridgehead atoms. The van der Waals surface area contributed by atoms with Crippen LogP contribution in [0.4, 0.5) is 0 Å². The van der Waals surface area contributed by atoms with E-state index in [1.807, 2.05) is 0 Å². The van der Waals surface area contributed by atoms with Crippen LogP contribution in [0.1, 0.15) is 10.4 Å². The van der Waals surface area contributed by atoms with Crippen molar-refractivity contribution in [3.63, 3.8) is 0 Å². The Hall–Kier alpha value is -0.470. The third-order valence-corrected chi connectivity index (χ3v) is 1.85. The molecule has 0 aliphatic heterocycles. The Kier molecular flexibility index (Phi) is 2.97. The molecule has 4 heteroatoms. The number of halogens is 2. The molecule has 0 fully saturated rings. The molecule has 1 aromatic heterocycles. The second-order valence-electron chi connectivity index (χ2n) is 2.09. The van der Waals surface area contributed by atoms with Gasteiger partial charge < -0.3 is 0 Å². The molecule has 0 aliphatic rings. The van der Waals surface area contributed by atoms with Crippen LogP contribution in [-0.4, -0.2) is 16.4 Å². The quantitative estimate of drug-likeness (QED) is 0.657. The molecular weight excluding hydrogens is 185 g/mol. The van der Waals surface area contributed by atoms with Gasteiger partial charge in [0.2, 0.25) is 5.91 Å². The highest BCUT2D eigenvalue weighted by atomic mass is 35.5. The number of carbonyl (C=O) groups excluding carboxylic acids is 1. The summed E-state index contributed by atoms with van der Waals surface area (Å²) in [4.78, 5) is 10.9. The zero-order valence-corrected chi connectivity index (χ0v) is 7.27. The van der Waals surface area contributed by atoms with Crippen molar-refractivity contribution in [1.29, 1.82) is 0 Å². The summed E-state index contributed by atoms with van der Waals surface area (Å²) < 4.78 is 1.44. The summed E-state index contributed by atoms with van der Waals surface area (Å²) in [5.41, 5.74) is 0.921. The van der Waals surface area contributed by atoms with Crippen molar-refractivity contribution >= 4 is 29.1 Å². The molecule has 0 amide bonds. The SMILES string of the molecule is O=C(CCl)n1ccc(CCl)c1. The minimum Gasteiger partial charge on any atom is -0.293 e. The Morgan fingerprint density at radius 2 is 2.27 bits per heavy atom. The summed E-state index contributed by atoms with van der Waals surface area (Å²) >= 11 is 10.9. The molecule has 60 valence electrons. The highest BCUT2D eigenvalue weighted by Crippen LogP contribution is 2.04. The van der Waals surface area contributed by atoms with Crippen molar-refractivity contribution in [3.8, 4) is 0 Å². The second-order valence-corrected chi connectivity index (χ2v) is 2.62. The first-order chi connectivity index (χ1) is 5.27. The minimum absolute atomic E-state index is 0.00357. The van der Waals surface area contributed by atoms with Crippen molar-refractivity contribution < 1.29 is 4.79 Å². The smallest absolute Gasteiger partial charge is 0.245 e. The van der Waals surface area contributed by atoms with Crippen LogP contribution in [0, 0.1) is 0 Å². The summed E-state index contributed by atoms with van der Waals surface area (Å²) in [5.74, 6) is 0.280. The molecule has 0 radical (unpaired) electrons. The fourth-order valence-electron chi connectivity index (χ4n) is 0.744. The number of nitrogens with zero attached hydrogens (tertiary/aromatic N) is 1. The lowest BCUT2D eigenvalue weighted by Gasteiger charge is -1.94. The monoisotopic (exact) mass is 191 g/mol. The standard InChI is InChI=1S/C7H7Cl2NO/c8-3-6-1-2-10(5-6)7(11)4-9/h1-2,5H,3-4H2. The Labute approximate surface area is 74.7 Å². The zero-order valence-electron chi connectivity index (χ0n) is 5.76. The van der Waals surface area contributed by atoms with Gasteiger partial charge in [0.1, 0.15) is 5.88 Å². The lowest BCUT2D eigenvalue weighted by molar-refractivity contribution is 0.0940. The van der Waals surface area contributed by atoms with Crippen molar-refractivity contribution in [2.75, 3.05) is 5.88 Å². The summed E-state index contributed by atoms with van der Waals surface area (Å²) in [6.07, 6.45) is 3.33. The van der Waals surface area contributed by atoms with Gasteiger partial charge in [0.15, 0.2) is 0 Å². The highest BCUT2D eigenvalue weighted by Gasteiger charge is 2.01. The van der Waals surface area contributed by atoms with Crippen LogP contribution in [0.3, 0.4) is 0 Å². The van der Waals surface area contributed by atoms with Crippen LogP contribution in [0.5, 0.6) is 0 Å². The van der Waals surface area contributed by atoms with E-state index in [0.717, 1.165) is 5.56 Å². The minimum atomic E-state index is -0.136. The van der Waals surface area contributed by atoms with Crippen LogP contribution in [0.15, 0.2) is 18.5 Å². The summed E-state index contributed by atoms with van der Waals surface area (Å²) in [7, 11) is 0. The van der Waals surface area contributed by atoms with Gasteiger partial charge in [0, 0.05) is 18.3 Å². The lowest BCUT2D eigenvalue weighted by Crippen LogP contribution is -2.08. The molecule has 0 aromatic carbocycles. The lowest BCUT2D eigenvalue weighted by atomic mass is 10.4. The van der Waals surface area contributed by atoms with E-state index in [4.69, 9.17) is 23.2 Å². The van der Waals surface area contributed by atoms with E-state index in [1.54, 1.807) is 18.5 Å². The molecule has 1 rings (SSSR count). The second kappa shape index (κ2) is 3.79. The Morgan fingerprint density at radius 1 is 1.55 bits per heavy atom. The van der Waals surface area contributed by atoms with Crippen molar-refractivity contribution in [3.05, 3.63) is 24.0 Å². The molecule has 0 N–H and O–H groups in total. The van der Waals surface area contributed by atoms with Crippen LogP contribution in [0.2, 0.25) is 0 Å². The highest BCUT2D eigenvalue weighted by molar-refractivity contribution is 6.27. The molecule has 1 heterocycles. The molecule has 0 saturated heterocycles. The number of hydrogen-bond donors (Lipinski definition) is 0. The van der Waals surface area contributed by atoms with Gasteiger partial charge >= 0.3 is 0 Å². The van der Waals surface area contributed by atoms with E-state index in [1.165, 1.54) is 4.57 Å².